The van der Waals surface area contributed by atoms with E-state index in [2.05, 4.69) is 4.98 Å². The van der Waals surface area contributed by atoms with Crippen LogP contribution >= 0.6 is 0 Å². The van der Waals surface area contributed by atoms with Crippen LogP contribution in [0.2, 0.25) is 0 Å². The first kappa shape index (κ1) is 28.2. The number of alkyl halides is 6. The van der Waals surface area contributed by atoms with Gasteiger partial charge < -0.3 is 19.5 Å². The number of rotatable bonds is 7. The van der Waals surface area contributed by atoms with Crippen LogP contribution in [0.1, 0.15) is 41.0 Å². The van der Waals surface area contributed by atoms with Gasteiger partial charge in [0, 0.05) is 28.1 Å². The largest absolute Gasteiger partial charge is 0.484 e. The molecular formula is C27H24F6N2O4. The lowest BCUT2D eigenvalue weighted by Crippen LogP contribution is -2.23. The van der Waals surface area contributed by atoms with E-state index in [-0.39, 0.29) is 34.9 Å². The van der Waals surface area contributed by atoms with Crippen molar-refractivity contribution in [2.45, 2.75) is 45.3 Å². The number of carbonyl (C=O) groups is 1. The summed E-state index contributed by atoms with van der Waals surface area (Å²) in [6.07, 6.45) is -9.12. The number of nitrogens with zero attached hydrogens (tertiary/aromatic N) is 2. The third kappa shape index (κ3) is 6.62. The molecule has 3 aromatic rings. The number of aromatic nitrogens is 1. The number of fused-ring (bicyclic) bond motifs is 1. The Kier molecular flexibility index (Phi) is 7.28. The van der Waals surface area contributed by atoms with Crippen molar-refractivity contribution in [1.82, 2.24) is 4.98 Å². The summed E-state index contributed by atoms with van der Waals surface area (Å²) >= 11 is 0. The summed E-state index contributed by atoms with van der Waals surface area (Å²) < 4.78 is 86.2. The topological polar surface area (TPSA) is 71.9 Å². The number of amides is 1. The Balaban J connectivity index is 1.71. The van der Waals surface area contributed by atoms with Crippen molar-refractivity contribution in [2.24, 2.45) is 0 Å². The molecule has 0 saturated heterocycles. The number of carbonyl (C=O) groups excluding carboxylic acids is 1. The molecule has 39 heavy (non-hydrogen) atoms. The SMILES string of the molecule is Cc1cc2c(c(-c3ccc(C(C)(C)O)cc3OCC(F)(F)F)n1)CN(c1ccc(OCC(F)(F)F)cc1)C2=O. The van der Waals surface area contributed by atoms with E-state index in [1.165, 1.54) is 55.1 Å². The molecule has 208 valence electrons. The number of hydrogen-bond donors (Lipinski definition) is 1. The number of pyridine rings is 1. The predicted molar refractivity (Wildman–Crippen MR) is 130 cm³/mol. The molecule has 0 atom stereocenters. The van der Waals surface area contributed by atoms with Gasteiger partial charge in [-0.2, -0.15) is 26.3 Å². The van der Waals surface area contributed by atoms with E-state index < -0.39 is 37.1 Å². The van der Waals surface area contributed by atoms with Gasteiger partial charge in [0.1, 0.15) is 11.5 Å². The van der Waals surface area contributed by atoms with Crippen molar-refractivity contribution in [3.8, 4) is 22.8 Å². The molecule has 4 rings (SSSR count). The zero-order valence-electron chi connectivity index (χ0n) is 21.1. The van der Waals surface area contributed by atoms with Gasteiger partial charge in [0.05, 0.1) is 17.8 Å². The Bertz CT molecular complexity index is 1380. The highest BCUT2D eigenvalue weighted by Gasteiger charge is 2.34. The zero-order chi connectivity index (χ0) is 28.8. The summed E-state index contributed by atoms with van der Waals surface area (Å²) in [7, 11) is 0. The van der Waals surface area contributed by atoms with Crippen LogP contribution in [-0.2, 0) is 12.1 Å². The normalized spacial score (nSPS) is 14.0. The fourth-order valence-electron chi connectivity index (χ4n) is 4.12. The molecule has 0 bridgehead atoms. The Morgan fingerprint density at radius 1 is 0.897 bits per heavy atom. The van der Waals surface area contributed by atoms with Gasteiger partial charge in [-0.15, -0.1) is 0 Å². The molecule has 0 saturated carbocycles. The van der Waals surface area contributed by atoms with Crippen LogP contribution in [-0.4, -0.2) is 41.6 Å². The molecule has 1 aliphatic rings. The van der Waals surface area contributed by atoms with Crippen molar-refractivity contribution in [2.75, 3.05) is 18.1 Å². The molecule has 1 amide bonds. The molecule has 0 radical (unpaired) electrons. The third-order valence-corrected chi connectivity index (χ3v) is 5.93. The van der Waals surface area contributed by atoms with Crippen LogP contribution in [0.15, 0.2) is 48.5 Å². The number of aliphatic hydroxyl groups is 1. The summed E-state index contributed by atoms with van der Waals surface area (Å²) in [5.41, 5.74) is 0.938. The highest BCUT2D eigenvalue weighted by atomic mass is 19.4. The number of ether oxygens (including phenoxy) is 2. The van der Waals surface area contributed by atoms with Gasteiger partial charge in [0.25, 0.3) is 5.91 Å². The van der Waals surface area contributed by atoms with Gasteiger partial charge in [-0.25, -0.2) is 0 Å². The van der Waals surface area contributed by atoms with Crippen molar-refractivity contribution >= 4 is 11.6 Å². The first-order valence-corrected chi connectivity index (χ1v) is 11.7. The quantitative estimate of drug-likeness (QED) is 0.346. The molecule has 0 aliphatic carbocycles. The van der Waals surface area contributed by atoms with E-state index in [9.17, 15) is 36.2 Å². The van der Waals surface area contributed by atoms with Crippen molar-refractivity contribution in [1.29, 1.82) is 0 Å². The number of halogens is 6. The first-order chi connectivity index (χ1) is 18.0. The first-order valence-electron chi connectivity index (χ1n) is 11.7. The smallest absolute Gasteiger partial charge is 0.422 e. The second-order valence-electron chi connectivity index (χ2n) is 9.60. The average Bonchev–Trinajstić information content (AvgIpc) is 3.16. The Morgan fingerprint density at radius 3 is 2.10 bits per heavy atom. The average molecular weight is 554 g/mol. The third-order valence-electron chi connectivity index (χ3n) is 5.93. The van der Waals surface area contributed by atoms with E-state index >= 15 is 0 Å². The van der Waals surface area contributed by atoms with Crippen LogP contribution in [0.25, 0.3) is 11.3 Å². The zero-order valence-corrected chi connectivity index (χ0v) is 21.1. The summed E-state index contributed by atoms with van der Waals surface area (Å²) in [6, 6.07) is 11.4. The molecule has 0 spiro atoms. The highest BCUT2D eigenvalue weighted by molar-refractivity contribution is 6.11. The lowest BCUT2D eigenvalue weighted by Gasteiger charge is -2.21. The highest BCUT2D eigenvalue weighted by Crippen LogP contribution is 2.40. The maximum atomic E-state index is 13.3. The molecule has 2 heterocycles. The minimum absolute atomic E-state index is 0.00545. The van der Waals surface area contributed by atoms with Gasteiger partial charge in [0.15, 0.2) is 13.2 Å². The van der Waals surface area contributed by atoms with E-state index in [0.717, 1.165) is 0 Å². The van der Waals surface area contributed by atoms with Gasteiger partial charge in [-0.3, -0.25) is 9.78 Å². The number of anilines is 1. The van der Waals surface area contributed by atoms with E-state index in [4.69, 9.17) is 9.47 Å². The van der Waals surface area contributed by atoms with Gasteiger partial charge in [-0.05, 0) is 68.8 Å². The molecule has 2 aromatic carbocycles. The van der Waals surface area contributed by atoms with Gasteiger partial charge in [-0.1, -0.05) is 6.07 Å². The van der Waals surface area contributed by atoms with Crippen molar-refractivity contribution in [3.63, 3.8) is 0 Å². The van der Waals surface area contributed by atoms with Gasteiger partial charge in [0.2, 0.25) is 0 Å². The number of benzene rings is 2. The predicted octanol–water partition coefficient (Wildman–Crippen LogP) is 6.33. The molecule has 1 aromatic heterocycles. The summed E-state index contributed by atoms with van der Waals surface area (Å²) in [4.78, 5) is 19.2. The molecular weight excluding hydrogens is 530 g/mol. The Labute approximate surface area is 219 Å². The van der Waals surface area contributed by atoms with E-state index in [1.54, 1.807) is 19.1 Å². The minimum Gasteiger partial charge on any atom is -0.484 e. The molecule has 12 heteroatoms. The lowest BCUT2D eigenvalue weighted by molar-refractivity contribution is -0.154. The fraction of sp³-hybridized carbons (Fsp3) is 0.333. The monoisotopic (exact) mass is 554 g/mol. The summed E-state index contributed by atoms with van der Waals surface area (Å²) in [5.74, 6) is -0.604. The molecule has 1 N–H and O–H groups in total. The number of hydrogen-bond acceptors (Lipinski definition) is 5. The standard InChI is InChI=1S/C27H24F6N2O4/c1-15-10-20-21(12-35(24(20)36)17-5-7-18(8-6-17)38-13-26(28,29)30)23(34-15)19-9-4-16(25(2,3)37)11-22(19)39-14-27(31,32)33/h4-11,37H,12-14H2,1-3H3. The maximum absolute atomic E-state index is 13.3. The summed E-state index contributed by atoms with van der Waals surface area (Å²) in [5, 5.41) is 10.4. The lowest BCUT2D eigenvalue weighted by atomic mass is 9.94. The van der Waals surface area contributed by atoms with Crippen molar-refractivity contribution in [3.05, 3.63) is 70.9 Å². The van der Waals surface area contributed by atoms with E-state index in [1.807, 2.05) is 0 Å². The molecule has 1 aliphatic heterocycles. The molecule has 0 unspecified atom stereocenters. The Hall–Kier alpha value is -3.80. The van der Waals surface area contributed by atoms with Crippen LogP contribution < -0.4 is 14.4 Å². The molecule has 6 nitrogen and oxygen atoms in total. The van der Waals surface area contributed by atoms with Crippen molar-refractivity contribution < 1.29 is 45.7 Å². The fourth-order valence-corrected chi connectivity index (χ4v) is 4.12. The molecule has 0 fully saturated rings. The van der Waals surface area contributed by atoms with Crippen LogP contribution in [0.5, 0.6) is 11.5 Å². The summed E-state index contributed by atoms with van der Waals surface area (Å²) in [6.45, 7) is 1.57. The van der Waals surface area contributed by atoms with Crippen LogP contribution in [0.4, 0.5) is 32.0 Å². The maximum Gasteiger partial charge on any atom is 0.422 e. The van der Waals surface area contributed by atoms with Crippen LogP contribution in [0.3, 0.4) is 0 Å². The van der Waals surface area contributed by atoms with E-state index in [0.29, 0.717) is 22.5 Å². The second-order valence-corrected chi connectivity index (χ2v) is 9.60. The number of aryl methyl sites for hydroxylation is 1. The Morgan fingerprint density at radius 2 is 1.51 bits per heavy atom. The second kappa shape index (κ2) is 10.1. The van der Waals surface area contributed by atoms with Crippen LogP contribution in [0, 0.1) is 6.92 Å². The van der Waals surface area contributed by atoms with Gasteiger partial charge >= 0.3 is 12.4 Å². The minimum atomic E-state index is -4.62.